The molecule has 0 aliphatic heterocycles. The maximum Gasteiger partial charge on any atom is 0.220 e. The van der Waals surface area contributed by atoms with Gasteiger partial charge >= 0.3 is 0 Å². The molecule has 1 aromatic rings. The number of hydrogen-bond acceptors (Lipinski definition) is 2. The zero-order valence-electron chi connectivity index (χ0n) is 14.3. The van der Waals surface area contributed by atoms with E-state index in [1.165, 1.54) is 5.56 Å². The van der Waals surface area contributed by atoms with Gasteiger partial charge in [0.1, 0.15) is 5.75 Å². The van der Waals surface area contributed by atoms with Gasteiger partial charge in [0.15, 0.2) is 0 Å². The molecular weight excluding hydrogens is 342 g/mol. The number of nitrogens with one attached hydrogen (secondary N) is 1. The van der Waals surface area contributed by atoms with E-state index in [-0.39, 0.29) is 17.4 Å². The second kappa shape index (κ2) is 8.56. The Morgan fingerprint density at radius 2 is 2.05 bits per heavy atom. The molecule has 0 aromatic heterocycles. The van der Waals surface area contributed by atoms with Gasteiger partial charge in [-0.2, -0.15) is 0 Å². The van der Waals surface area contributed by atoms with Crippen LogP contribution in [0.2, 0.25) is 0 Å². The Kier molecular flexibility index (Phi) is 7.40. The van der Waals surface area contributed by atoms with Gasteiger partial charge in [0.05, 0.1) is 11.1 Å². The van der Waals surface area contributed by atoms with Crippen molar-refractivity contribution in [1.82, 2.24) is 5.32 Å². The standard InChI is InChI=1S/C18H28BrNO2/c1-6-13(2)20-17(21)8-7-11-22-16-10-9-14(12-15(16)19)18(3,4)5/h9-10,12-13H,6-8,11H2,1-5H3,(H,20,21). The summed E-state index contributed by atoms with van der Waals surface area (Å²) in [6.07, 6.45) is 2.17. The third-order valence-corrected chi connectivity index (χ3v) is 4.24. The molecule has 1 amide bonds. The molecule has 124 valence electrons. The summed E-state index contributed by atoms with van der Waals surface area (Å²) >= 11 is 3.56. The summed E-state index contributed by atoms with van der Waals surface area (Å²) in [6, 6.07) is 6.43. The first-order chi connectivity index (χ1) is 10.2. The first-order valence-corrected chi connectivity index (χ1v) is 8.75. The van der Waals surface area contributed by atoms with Crippen LogP contribution < -0.4 is 10.1 Å². The monoisotopic (exact) mass is 369 g/mol. The predicted molar refractivity (Wildman–Crippen MR) is 95.5 cm³/mol. The quantitative estimate of drug-likeness (QED) is 0.699. The molecule has 0 heterocycles. The Balaban J connectivity index is 2.41. The summed E-state index contributed by atoms with van der Waals surface area (Å²) in [5, 5.41) is 2.96. The van der Waals surface area contributed by atoms with Crippen LogP contribution in [0.15, 0.2) is 22.7 Å². The molecule has 0 aliphatic rings. The van der Waals surface area contributed by atoms with Crippen LogP contribution in [-0.4, -0.2) is 18.6 Å². The van der Waals surface area contributed by atoms with Gasteiger partial charge in [-0.1, -0.05) is 33.8 Å². The molecule has 1 aromatic carbocycles. The maximum atomic E-state index is 11.7. The molecule has 0 radical (unpaired) electrons. The normalized spacial score (nSPS) is 12.8. The molecule has 0 fully saturated rings. The number of hydrogen-bond donors (Lipinski definition) is 1. The van der Waals surface area contributed by atoms with E-state index >= 15 is 0 Å². The highest BCUT2D eigenvalue weighted by Gasteiger charge is 2.15. The fraction of sp³-hybridized carbons (Fsp3) is 0.611. The van der Waals surface area contributed by atoms with Crippen LogP contribution in [0.1, 0.15) is 59.4 Å². The lowest BCUT2D eigenvalue weighted by molar-refractivity contribution is -0.121. The highest BCUT2D eigenvalue weighted by Crippen LogP contribution is 2.31. The Morgan fingerprint density at radius 1 is 1.36 bits per heavy atom. The van der Waals surface area contributed by atoms with Gasteiger partial charge in [0.2, 0.25) is 5.91 Å². The number of carbonyl (C=O) groups excluding carboxylic acids is 1. The first-order valence-electron chi connectivity index (χ1n) is 7.96. The topological polar surface area (TPSA) is 38.3 Å². The highest BCUT2D eigenvalue weighted by molar-refractivity contribution is 9.10. The number of halogens is 1. The van der Waals surface area contributed by atoms with Gasteiger partial charge < -0.3 is 10.1 Å². The SMILES string of the molecule is CCC(C)NC(=O)CCCOc1ccc(C(C)(C)C)cc1Br. The average Bonchev–Trinajstić information content (AvgIpc) is 2.43. The van der Waals surface area contributed by atoms with E-state index in [0.29, 0.717) is 13.0 Å². The van der Waals surface area contributed by atoms with Gasteiger partial charge in [0, 0.05) is 12.5 Å². The minimum atomic E-state index is 0.0973. The Morgan fingerprint density at radius 3 is 2.59 bits per heavy atom. The van der Waals surface area contributed by atoms with Crippen LogP contribution in [0.3, 0.4) is 0 Å². The average molecular weight is 370 g/mol. The van der Waals surface area contributed by atoms with E-state index in [1.807, 2.05) is 13.0 Å². The van der Waals surface area contributed by atoms with E-state index in [9.17, 15) is 4.79 Å². The zero-order chi connectivity index (χ0) is 16.8. The molecule has 0 aliphatic carbocycles. The van der Waals surface area contributed by atoms with Crippen molar-refractivity contribution in [1.29, 1.82) is 0 Å². The molecule has 0 saturated carbocycles. The van der Waals surface area contributed by atoms with E-state index in [2.05, 4.69) is 61.1 Å². The molecule has 4 heteroatoms. The molecule has 1 atom stereocenters. The number of carbonyl (C=O) groups is 1. The van der Waals surface area contributed by atoms with Crippen LogP contribution in [0, 0.1) is 0 Å². The van der Waals surface area contributed by atoms with Crippen molar-refractivity contribution in [2.75, 3.05) is 6.61 Å². The summed E-state index contributed by atoms with van der Waals surface area (Å²) < 4.78 is 6.72. The third kappa shape index (κ3) is 6.39. The molecule has 0 spiro atoms. The van der Waals surface area contributed by atoms with Crippen LogP contribution in [-0.2, 0) is 10.2 Å². The summed E-state index contributed by atoms with van der Waals surface area (Å²) in [5.41, 5.74) is 1.38. The fourth-order valence-electron chi connectivity index (χ4n) is 1.95. The number of benzene rings is 1. The zero-order valence-corrected chi connectivity index (χ0v) is 15.9. The smallest absolute Gasteiger partial charge is 0.220 e. The van der Waals surface area contributed by atoms with Crippen molar-refractivity contribution in [2.24, 2.45) is 0 Å². The molecular formula is C18H28BrNO2. The lowest BCUT2D eigenvalue weighted by Gasteiger charge is -2.20. The van der Waals surface area contributed by atoms with Gasteiger partial charge in [-0.05, 0) is 58.8 Å². The molecule has 22 heavy (non-hydrogen) atoms. The lowest BCUT2D eigenvalue weighted by atomic mass is 9.87. The molecule has 0 bridgehead atoms. The lowest BCUT2D eigenvalue weighted by Crippen LogP contribution is -2.31. The van der Waals surface area contributed by atoms with Crippen LogP contribution in [0.4, 0.5) is 0 Å². The van der Waals surface area contributed by atoms with Crippen molar-refractivity contribution in [3.63, 3.8) is 0 Å². The van der Waals surface area contributed by atoms with Gasteiger partial charge in [0.25, 0.3) is 0 Å². The van der Waals surface area contributed by atoms with Gasteiger partial charge in [-0.15, -0.1) is 0 Å². The molecule has 3 nitrogen and oxygen atoms in total. The third-order valence-electron chi connectivity index (χ3n) is 3.62. The van der Waals surface area contributed by atoms with Crippen molar-refractivity contribution in [3.8, 4) is 5.75 Å². The van der Waals surface area contributed by atoms with Crippen molar-refractivity contribution >= 4 is 21.8 Å². The summed E-state index contributed by atoms with van der Waals surface area (Å²) in [7, 11) is 0. The number of amides is 1. The van der Waals surface area contributed by atoms with Gasteiger partial charge in [-0.3, -0.25) is 4.79 Å². The number of ether oxygens (including phenoxy) is 1. The summed E-state index contributed by atoms with van der Waals surface area (Å²) in [5.74, 6) is 0.926. The number of rotatable bonds is 7. The second-order valence-electron chi connectivity index (χ2n) is 6.72. The van der Waals surface area contributed by atoms with E-state index in [1.54, 1.807) is 0 Å². The molecule has 1 unspecified atom stereocenters. The van der Waals surface area contributed by atoms with Gasteiger partial charge in [-0.25, -0.2) is 0 Å². The van der Waals surface area contributed by atoms with Crippen LogP contribution in [0.5, 0.6) is 5.75 Å². The van der Waals surface area contributed by atoms with Crippen molar-refractivity contribution in [3.05, 3.63) is 28.2 Å². The predicted octanol–water partition coefficient (Wildman–Crippen LogP) is 4.82. The fourth-order valence-corrected chi connectivity index (χ4v) is 2.44. The Labute approximate surface area is 143 Å². The molecule has 0 saturated heterocycles. The summed E-state index contributed by atoms with van der Waals surface area (Å²) in [4.78, 5) is 11.7. The van der Waals surface area contributed by atoms with E-state index in [4.69, 9.17) is 4.74 Å². The second-order valence-corrected chi connectivity index (χ2v) is 7.58. The Bertz CT molecular complexity index is 494. The minimum Gasteiger partial charge on any atom is -0.492 e. The molecule has 1 N–H and O–H groups in total. The maximum absolute atomic E-state index is 11.7. The minimum absolute atomic E-state index is 0.0973. The molecule has 1 rings (SSSR count). The van der Waals surface area contributed by atoms with Crippen molar-refractivity contribution < 1.29 is 9.53 Å². The van der Waals surface area contributed by atoms with E-state index < -0.39 is 0 Å². The largest absolute Gasteiger partial charge is 0.492 e. The van der Waals surface area contributed by atoms with Crippen molar-refractivity contribution in [2.45, 2.75) is 65.3 Å². The summed E-state index contributed by atoms with van der Waals surface area (Å²) in [6.45, 7) is 11.2. The van der Waals surface area contributed by atoms with Crippen LogP contribution >= 0.6 is 15.9 Å². The van der Waals surface area contributed by atoms with Crippen LogP contribution in [0.25, 0.3) is 0 Å². The van der Waals surface area contributed by atoms with E-state index in [0.717, 1.165) is 23.1 Å². The Hall–Kier alpha value is -1.03. The highest BCUT2D eigenvalue weighted by atomic mass is 79.9. The first kappa shape index (κ1) is 19.0.